The monoisotopic (exact) mass is 454 g/mol. The van der Waals surface area contributed by atoms with Gasteiger partial charge in [-0.3, -0.25) is 14.4 Å². The molecule has 2 aromatic rings. The lowest BCUT2D eigenvalue weighted by atomic mass is 9.99. The number of fused-ring (bicyclic) bond motifs is 2. The molecule has 8 heteroatoms. The fourth-order valence-corrected chi connectivity index (χ4v) is 3.50. The van der Waals surface area contributed by atoms with E-state index in [0.717, 1.165) is 0 Å². The summed E-state index contributed by atoms with van der Waals surface area (Å²) in [5, 5.41) is 0. The Morgan fingerprint density at radius 2 is 1.36 bits per heavy atom. The molecule has 0 aromatic heterocycles. The van der Waals surface area contributed by atoms with Crippen molar-refractivity contribution in [2.45, 2.75) is 45.3 Å². The first-order valence-electron chi connectivity index (χ1n) is 10.8. The molecular weight excluding hydrogens is 428 g/mol. The van der Waals surface area contributed by atoms with Crippen LogP contribution in [-0.2, 0) is 19.1 Å². The molecule has 0 saturated heterocycles. The van der Waals surface area contributed by atoms with Crippen molar-refractivity contribution in [3.8, 4) is 11.5 Å². The van der Waals surface area contributed by atoms with Crippen molar-refractivity contribution in [2.75, 3.05) is 13.2 Å². The number of para-hydroxylation sites is 2. The van der Waals surface area contributed by atoms with Crippen molar-refractivity contribution >= 4 is 23.5 Å². The summed E-state index contributed by atoms with van der Waals surface area (Å²) in [7, 11) is 0. The number of carbonyl (C=O) groups excluding carboxylic acids is 4. The van der Waals surface area contributed by atoms with Gasteiger partial charge in [-0.05, 0) is 38.1 Å². The Kier molecular flexibility index (Phi) is 8.18. The number of Topliss-reactive ketones (excluding diaryl/α,β-unsaturated/α-hetero) is 2. The SMILES string of the molecule is CCOC(=O)C1CC(=O)c2ccccc2O1.CCOC(=O)CC1CC(=O)c2ccccc2O1. The lowest BCUT2D eigenvalue weighted by molar-refractivity contribution is -0.151. The second-order valence-electron chi connectivity index (χ2n) is 7.35. The van der Waals surface area contributed by atoms with Gasteiger partial charge in [-0.1, -0.05) is 24.3 Å². The number of hydrogen-bond donors (Lipinski definition) is 0. The Morgan fingerprint density at radius 1 is 0.818 bits per heavy atom. The number of benzene rings is 2. The number of ether oxygens (including phenoxy) is 4. The molecule has 2 heterocycles. The van der Waals surface area contributed by atoms with Crippen LogP contribution in [-0.4, -0.2) is 48.9 Å². The molecule has 174 valence electrons. The topological polar surface area (TPSA) is 105 Å². The highest BCUT2D eigenvalue weighted by molar-refractivity contribution is 6.02. The highest BCUT2D eigenvalue weighted by Gasteiger charge is 2.32. The van der Waals surface area contributed by atoms with Crippen molar-refractivity contribution in [1.82, 2.24) is 0 Å². The summed E-state index contributed by atoms with van der Waals surface area (Å²) in [6.07, 6.45) is -0.807. The minimum atomic E-state index is -0.803. The largest absolute Gasteiger partial charge is 0.489 e. The molecule has 2 aromatic carbocycles. The van der Waals surface area contributed by atoms with E-state index in [-0.39, 0.29) is 43.4 Å². The van der Waals surface area contributed by atoms with Gasteiger partial charge in [0.15, 0.2) is 11.6 Å². The van der Waals surface area contributed by atoms with Crippen LogP contribution in [0.5, 0.6) is 11.5 Å². The molecule has 8 nitrogen and oxygen atoms in total. The van der Waals surface area contributed by atoms with Crippen LogP contribution in [0.15, 0.2) is 48.5 Å². The molecule has 4 rings (SSSR count). The molecule has 0 aliphatic carbocycles. The van der Waals surface area contributed by atoms with E-state index >= 15 is 0 Å². The molecule has 0 N–H and O–H groups in total. The summed E-state index contributed by atoms with van der Waals surface area (Å²) in [4.78, 5) is 46.3. The van der Waals surface area contributed by atoms with E-state index in [9.17, 15) is 19.2 Å². The Morgan fingerprint density at radius 3 is 1.97 bits per heavy atom. The third-order valence-corrected chi connectivity index (χ3v) is 4.97. The van der Waals surface area contributed by atoms with Crippen molar-refractivity contribution < 1.29 is 38.1 Å². The number of hydrogen-bond acceptors (Lipinski definition) is 8. The Bertz CT molecular complexity index is 1030. The van der Waals surface area contributed by atoms with Crippen molar-refractivity contribution in [3.05, 3.63) is 59.7 Å². The number of esters is 2. The molecule has 0 amide bonds. The lowest BCUT2D eigenvalue weighted by Crippen LogP contribution is -2.35. The maximum atomic E-state index is 11.8. The molecule has 2 unspecified atom stereocenters. The van der Waals surface area contributed by atoms with Crippen LogP contribution in [0.25, 0.3) is 0 Å². The molecule has 2 aliphatic rings. The molecule has 0 spiro atoms. The summed E-state index contributed by atoms with van der Waals surface area (Å²) in [6, 6.07) is 14.0. The summed E-state index contributed by atoms with van der Waals surface area (Å²) < 4.78 is 20.7. The highest BCUT2D eigenvalue weighted by Crippen LogP contribution is 2.29. The van der Waals surface area contributed by atoms with Gasteiger partial charge in [0, 0.05) is 6.42 Å². The van der Waals surface area contributed by atoms with Gasteiger partial charge < -0.3 is 18.9 Å². The van der Waals surface area contributed by atoms with E-state index in [0.29, 0.717) is 29.2 Å². The van der Waals surface area contributed by atoms with Crippen LogP contribution in [0.1, 0.15) is 53.8 Å². The molecule has 0 bridgehead atoms. The zero-order valence-electron chi connectivity index (χ0n) is 18.6. The normalized spacial score (nSPS) is 18.4. The first-order chi connectivity index (χ1) is 15.9. The van der Waals surface area contributed by atoms with Gasteiger partial charge in [0.05, 0.1) is 37.2 Å². The van der Waals surface area contributed by atoms with E-state index in [2.05, 4.69) is 0 Å². The molecule has 0 saturated carbocycles. The van der Waals surface area contributed by atoms with Gasteiger partial charge in [-0.25, -0.2) is 4.79 Å². The van der Waals surface area contributed by atoms with Gasteiger partial charge in [0.1, 0.15) is 17.6 Å². The maximum Gasteiger partial charge on any atom is 0.347 e. The fraction of sp³-hybridized carbons (Fsp3) is 0.360. The van der Waals surface area contributed by atoms with Crippen LogP contribution < -0.4 is 9.47 Å². The first kappa shape index (κ1) is 24.0. The summed E-state index contributed by atoms with van der Waals surface area (Å²) in [5.74, 6) is 0.130. The third kappa shape index (κ3) is 6.19. The second-order valence-corrected chi connectivity index (χ2v) is 7.35. The van der Waals surface area contributed by atoms with Gasteiger partial charge in [0.2, 0.25) is 6.10 Å². The predicted molar refractivity (Wildman–Crippen MR) is 117 cm³/mol. The van der Waals surface area contributed by atoms with E-state index in [1.165, 1.54) is 0 Å². The quantitative estimate of drug-likeness (QED) is 0.632. The number of carbonyl (C=O) groups is 4. The molecule has 0 fully saturated rings. The minimum absolute atomic E-state index is 0.0150. The summed E-state index contributed by atoms with van der Waals surface area (Å²) in [6.45, 7) is 4.10. The molecule has 2 atom stereocenters. The highest BCUT2D eigenvalue weighted by atomic mass is 16.6. The summed E-state index contributed by atoms with van der Waals surface area (Å²) >= 11 is 0. The number of ketones is 2. The van der Waals surface area contributed by atoms with E-state index in [4.69, 9.17) is 18.9 Å². The van der Waals surface area contributed by atoms with Gasteiger partial charge in [-0.2, -0.15) is 0 Å². The second kappa shape index (κ2) is 11.3. The van der Waals surface area contributed by atoms with Crippen LogP contribution in [0, 0.1) is 0 Å². The molecule has 0 radical (unpaired) electrons. The molecular formula is C25H26O8. The van der Waals surface area contributed by atoms with E-state index < -0.39 is 18.2 Å². The third-order valence-electron chi connectivity index (χ3n) is 4.97. The zero-order chi connectivity index (χ0) is 23.8. The van der Waals surface area contributed by atoms with E-state index in [1.54, 1.807) is 62.4 Å². The van der Waals surface area contributed by atoms with Gasteiger partial charge >= 0.3 is 11.9 Å². The van der Waals surface area contributed by atoms with Crippen LogP contribution >= 0.6 is 0 Å². The van der Waals surface area contributed by atoms with Crippen LogP contribution in [0.4, 0.5) is 0 Å². The fourth-order valence-electron chi connectivity index (χ4n) is 3.50. The standard InChI is InChI=1S/C13H14O4.C12H12O4/c1-2-16-13(15)8-9-7-11(14)10-5-3-4-6-12(10)17-9;1-2-15-12(14)11-7-9(13)8-5-3-4-6-10(8)16-11/h3-6,9H,2,7-8H2,1H3;3-6,11H,2,7H2,1H3. The number of rotatable bonds is 5. The Labute approximate surface area is 191 Å². The summed E-state index contributed by atoms with van der Waals surface area (Å²) in [5.41, 5.74) is 1.12. The zero-order valence-corrected chi connectivity index (χ0v) is 18.6. The van der Waals surface area contributed by atoms with Gasteiger partial charge in [-0.15, -0.1) is 0 Å². The van der Waals surface area contributed by atoms with E-state index in [1.807, 2.05) is 0 Å². The molecule has 33 heavy (non-hydrogen) atoms. The Hall–Kier alpha value is -3.68. The first-order valence-corrected chi connectivity index (χ1v) is 10.8. The molecule has 2 aliphatic heterocycles. The van der Waals surface area contributed by atoms with Crippen molar-refractivity contribution in [3.63, 3.8) is 0 Å². The van der Waals surface area contributed by atoms with Gasteiger partial charge in [0.25, 0.3) is 0 Å². The van der Waals surface area contributed by atoms with Crippen molar-refractivity contribution in [1.29, 1.82) is 0 Å². The lowest BCUT2D eigenvalue weighted by Gasteiger charge is -2.24. The minimum Gasteiger partial charge on any atom is -0.489 e. The maximum absolute atomic E-state index is 11.8. The van der Waals surface area contributed by atoms with Crippen molar-refractivity contribution in [2.24, 2.45) is 0 Å². The van der Waals surface area contributed by atoms with Crippen LogP contribution in [0.3, 0.4) is 0 Å². The van der Waals surface area contributed by atoms with Crippen LogP contribution in [0.2, 0.25) is 0 Å². The average molecular weight is 454 g/mol. The predicted octanol–water partition coefficient (Wildman–Crippen LogP) is 3.56. The average Bonchev–Trinajstić information content (AvgIpc) is 2.80. The smallest absolute Gasteiger partial charge is 0.347 e. The Balaban J connectivity index is 0.000000186.